The highest BCUT2D eigenvalue weighted by atomic mass is 19.4. The summed E-state index contributed by atoms with van der Waals surface area (Å²) in [5, 5.41) is 14.9. The number of aromatic hydroxyl groups is 1. The fraction of sp³-hybridized carbons (Fsp3) is 0.179. The number of ether oxygens (including phenoxy) is 2. The van der Waals surface area contributed by atoms with Gasteiger partial charge >= 0.3 is 12.1 Å². The Morgan fingerprint density at radius 1 is 0.881 bits per heavy atom. The molecule has 8 nitrogen and oxygen atoms in total. The topological polar surface area (TPSA) is 114 Å². The van der Waals surface area contributed by atoms with Crippen molar-refractivity contribution in [2.45, 2.75) is 25.2 Å². The van der Waals surface area contributed by atoms with E-state index in [4.69, 9.17) is 4.74 Å². The molecule has 0 aliphatic rings. The van der Waals surface area contributed by atoms with Gasteiger partial charge in [-0.15, -0.1) is 0 Å². The van der Waals surface area contributed by atoms with E-state index in [9.17, 15) is 41.4 Å². The minimum absolute atomic E-state index is 0.0593. The lowest BCUT2D eigenvalue weighted by atomic mass is 9.95. The van der Waals surface area contributed by atoms with Crippen molar-refractivity contribution in [3.63, 3.8) is 0 Å². The maximum atomic E-state index is 15.3. The average Bonchev–Trinajstić information content (AvgIpc) is 2.94. The van der Waals surface area contributed by atoms with E-state index in [2.05, 4.69) is 15.4 Å². The molecule has 3 N–H and O–H groups in total. The molecule has 0 radical (unpaired) electrons. The number of hydrogen-bond donors (Lipinski definition) is 3. The lowest BCUT2D eigenvalue weighted by Crippen LogP contribution is -2.32. The summed E-state index contributed by atoms with van der Waals surface area (Å²) in [6.07, 6.45) is -5.50. The molecule has 14 heteroatoms. The number of halogens is 6. The summed E-state index contributed by atoms with van der Waals surface area (Å²) >= 11 is 0. The second kappa shape index (κ2) is 11.6. The van der Waals surface area contributed by atoms with Crippen LogP contribution in [-0.2, 0) is 4.79 Å². The number of rotatable bonds is 9. The Balaban J connectivity index is 1.87. The van der Waals surface area contributed by atoms with Gasteiger partial charge in [0.25, 0.3) is 10.9 Å². The van der Waals surface area contributed by atoms with Crippen LogP contribution in [0.5, 0.6) is 17.2 Å². The molecule has 2 atom stereocenters. The first-order chi connectivity index (χ1) is 19.7. The van der Waals surface area contributed by atoms with E-state index >= 15 is 4.39 Å². The Labute approximate surface area is 232 Å². The van der Waals surface area contributed by atoms with Crippen molar-refractivity contribution in [2.24, 2.45) is 0 Å². The molecule has 4 rings (SSSR count). The minimum Gasteiger partial charge on any atom is -0.502 e. The van der Waals surface area contributed by atoms with Gasteiger partial charge in [-0.1, -0.05) is 12.1 Å². The van der Waals surface area contributed by atoms with Gasteiger partial charge < -0.3 is 19.9 Å². The number of esters is 1. The molecule has 1 unspecified atom stereocenters. The van der Waals surface area contributed by atoms with Crippen LogP contribution < -0.4 is 31.0 Å². The Kier molecular flexibility index (Phi) is 8.29. The van der Waals surface area contributed by atoms with E-state index in [-0.39, 0.29) is 11.1 Å². The molecule has 0 aliphatic heterocycles. The van der Waals surface area contributed by atoms with Crippen molar-refractivity contribution in [3.8, 4) is 17.2 Å². The Bertz CT molecular complexity index is 1690. The summed E-state index contributed by atoms with van der Waals surface area (Å²) in [6.45, 7) is 1.53. The predicted molar refractivity (Wildman–Crippen MR) is 137 cm³/mol. The largest absolute Gasteiger partial charge is 0.502 e. The van der Waals surface area contributed by atoms with Crippen LogP contribution in [0.1, 0.15) is 35.7 Å². The molecule has 0 saturated heterocycles. The van der Waals surface area contributed by atoms with E-state index in [1.807, 2.05) is 0 Å². The van der Waals surface area contributed by atoms with Gasteiger partial charge in [0.1, 0.15) is 23.1 Å². The maximum absolute atomic E-state index is 15.3. The Morgan fingerprint density at radius 2 is 1.50 bits per heavy atom. The molecule has 0 amide bonds. The number of nitrogens with one attached hydrogen (secondary N) is 2. The van der Waals surface area contributed by atoms with Gasteiger partial charge in [0, 0.05) is 12.1 Å². The van der Waals surface area contributed by atoms with Crippen LogP contribution in [0.25, 0.3) is 0 Å². The zero-order valence-electron chi connectivity index (χ0n) is 21.6. The van der Waals surface area contributed by atoms with E-state index in [0.717, 1.165) is 24.3 Å². The van der Waals surface area contributed by atoms with Crippen molar-refractivity contribution in [1.29, 1.82) is 0 Å². The maximum Gasteiger partial charge on any atom is 0.491 e. The van der Waals surface area contributed by atoms with Gasteiger partial charge in [0.15, 0.2) is 17.3 Å². The number of methoxy groups -OCH3 is 1. The first-order valence-corrected chi connectivity index (χ1v) is 12.0. The smallest absolute Gasteiger partial charge is 0.491 e. The summed E-state index contributed by atoms with van der Waals surface area (Å²) in [7, 11) is 1.40. The standard InChI is InChI=1S/C28H20F6N2O6/c1-12(14-7-16(29)11-17(30)8-14)35-22(13-3-5-18(41-2)6-4-13)15-9-19(36-23-24(37)26(39)25(23)38)21(31)20(10-15)42-27(40)28(32,33)34/h3-12,22,35-37H,1-2H3/t12-,22?/m1/s1. The molecular formula is C28H20F6N2O6. The van der Waals surface area contributed by atoms with Crippen molar-refractivity contribution in [2.75, 3.05) is 12.4 Å². The molecule has 4 aromatic carbocycles. The molecule has 220 valence electrons. The summed E-state index contributed by atoms with van der Waals surface area (Å²) < 4.78 is 91.6. The first kappa shape index (κ1) is 30.1. The number of carbonyl (C=O) groups is 1. The lowest BCUT2D eigenvalue weighted by Gasteiger charge is -2.26. The van der Waals surface area contributed by atoms with Gasteiger partial charge in [-0.2, -0.15) is 13.2 Å². The van der Waals surface area contributed by atoms with Gasteiger partial charge in [-0.25, -0.2) is 18.0 Å². The van der Waals surface area contributed by atoms with E-state index in [0.29, 0.717) is 17.4 Å². The van der Waals surface area contributed by atoms with Crippen LogP contribution in [0.4, 0.5) is 37.7 Å². The number of hydrogen-bond acceptors (Lipinski definition) is 8. The average molecular weight is 594 g/mol. The van der Waals surface area contributed by atoms with Crippen molar-refractivity contribution in [3.05, 3.63) is 109 Å². The summed E-state index contributed by atoms with van der Waals surface area (Å²) in [5.41, 5.74) is -3.49. The number of carbonyl (C=O) groups excluding carboxylic acids is 1. The second-order valence-electron chi connectivity index (χ2n) is 9.07. The minimum atomic E-state index is -5.50. The van der Waals surface area contributed by atoms with E-state index in [1.54, 1.807) is 0 Å². The van der Waals surface area contributed by atoms with Crippen molar-refractivity contribution < 1.29 is 45.7 Å². The fourth-order valence-electron chi connectivity index (χ4n) is 4.09. The highest BCUT2D eigenvalue weighted by molar-refractivity contribution is 5.79. The van der Waals surface area contributed by atoms with Crippen LogP contribution in [0.3, 0.4) is 0 Å². The molecule has 0 fully saturated rings. The first-order valence-electron chi connectivity index (χ1n) is 12.0. The molecule has 0 spiro atoms. The van der Waals surface area contributed by atoms with E-state index in [1.165, 1.54) is 38.3 Å². The third-order valence-corrected chi connectivity index (χ3v) is 6.22. The van der Waals surface area contributed by atoms with Gasteiger partial charge in [0.2, 0.25) is 0 Å². The molecule has 0 heterocycles. The van der Waals surface area contributed by atoms with Gasteiger partial charge in [0.05, 0.1) is 18.8 Å². The molecule has 4 aromatic rings. The molecule has 0 bridgehead atoms. The number of benzene rings is 3. The number of alkyl halides is 3. The quantitative estimate of drug-likeness (QED) is 0.107. The SMILES string of the molecule is COc1ccc(C(N[C@H](C)c2cc(F)cc(F)c2)c2cc(Nc3c(O)c(=O)c3=O)c(F)c(OC(=O)C(F)(F)F)c2)cc1. The Hall–Kier alpha value is -4.85. The van der Waals surface area contributed by atoms with Crippen molar-refractivity contribution in [1.82, 2.24) is 5.32 Å². The highest BCUT2D eigenvalue weighted by Crippen LogP contribution is 2.37. The predicted octanol–water partition coefficient (Wildman–Crippen LogP) is 5.07. The molecule has 42 heavy (non-hydrogen) atoms. The zero-order chi connectivity index (χ0) is 30.9. The third kappa shape index (κ3) is 6.22. The second-order valence-corrected chi connectivity index (χ2v) is 9.07. The Morgan fingerprint density at radius 3 is 2.05 bits per heavy atom. The van der Waals surface area contributed by atoms with Gasteiger partial charge in [-0.05, 0) is 60.0 Å². The third-order valence-electron chi connectivity index (χ3n) is 6.22. The lowest BCUT2D eigenvalue weighted by molar-refractivity contribution is -0.189. The summed E-state index contributed by atoms with van der Waals surface area (Å²) in [5.74, 6) is -7.87. The molecule has 0 saturated carbocycles. The highest BCUT2D eigenvalue weighted by Gasteiger charge is 2.42. The molecule has 0 aromatic heterocycles. The monoisotopic (exact) mass is 594 g/mol. The van der Waals surface area contributed by atoms with Crippen LogP contribution in [-0.4, -0.2) is 24.4 Å². The summed E-state index contributed by atoms with van der Waals surface area (Å²) in [4.78, 5) is 34.9. The van der Waals surface area contributed by atoms with Crippen LogP contribution in [0.2, 0.25) is 0 Å². The zero-order valence-corrected chi connectivity index (χ0v) is 21.6. The molecule has 0 aliphatic carbocycles. The fourth-order valence-corrected chi connectivity index (χ4v) is 4.09. The summed E-state index contributed by atoms with van der Waals surface area (Å²) in [6, 6.07) is 8.80. The normalized spacial score (nSPS) is 13.0. The van der Waals surface area contributed by atoms with Gasteiger partial charge in [-0.3, -0.25) is 14.9 Å². The molecular weight excluding hydrogens is 574 g/mol. The van der Waals surface area contributed by atoms with Crippen LogP contribution in [0.15, 0.2) is 64.2 Å². The number of anilines is 2. The van der Waals surface area contributed by atoms with Crippen molar-refractivity contribution >= 4 is 17.3 Å². The van der Waals surface area contributed by atoms with Crippen LogP contribution >= 0.6 is 0 Å². The van der Waals surface area contributed by atoms with Crippen LogP contribution in [0, 0.1) is 17.5 Å². The van der Waals surface area contributed by atoms with E-state index < -0.39 is 75.4 Å².